The summed E-state index contributed by atoms with van der Waals surface area (Å²) in [6.07, 6.45) is 0.551. The molecule has 11 heteroatoms. The second-order valence-corrected chi connectivity index (χ2v) is 8.96. The number of methoxy groups -OCH3 is 2. The number of anilines is 1. The first kappa shape index (κ1) is 21.6. The quantitative estimate of drug-likeness (QED) is 0.491. The van der Waals surface area contributed by atoms with Gasteiger partial charge in [-0.05, 0) is 36.8 Å². The Morgan fingerprint density at radius 1 is 1.16 bits per heavy atom. The Hall–Kier alpha value is -3.60. The Morgan fingerprint density at radius 2 is 2.00 bits per heavy atom. The number of nitrogens with zero attached hydrogens (tertiary/aromatic N) is 3. The molecule has 0 radical (unpaired) electrons. The van der Waals surface area contributed by atoms with E-state index in [1.54, 1.807) is 43.5 Å². The van der Waals surface area contributed by atoms with Gasteiger partial charge in [-0.25, -0.2) is 13.2 Å². The Morgan fingerprint density at radius 3 is 2.72 bits per heavy atom. The predicted molar refractivity (Wildman–Crippen MR) is 114 cm³/mol. The molecule has 1 fully saturated rings. The molecule has 0 bridgehead atoms. The molecule has 168 valence electrons. The molecule has 1 saturated heterocycles. The highest BCUT2D eigenvalue weighted by Crippen LogP contribution is 2.31. The van der Waals surface area contributed by atoms with Gasteiger partial charge in [-0.15, -0.1) is 0 Å². The van der Waals surface area contributed by atoms with Crippen LogP contribution in [0.2, 0.25) is 0 Å². The van der Waals surface area contributed by atoms with Crippen molar-refractivity contribution in [1.29, 1.82) is 0 Å². The Bertz CT molecular complexity index is 1240. The van der Waals surface area contributed by atoms with Crippen LogP contribution in [0, 0.1) is 0 Å². The standard InChI is InChI=1S/C21H21N3O7S/c1-28-16-7-8-17(18(12-16)29-2)20-22-19(31-23-20)13-30-21(25)14-5-3-6-15(11-14)24-9-4-10-32(24,26)27/h3,5-8,11-12H,4,9-10,13H2,1-2H3. The van der Waals surface area contributed by atoms with E-state index in [0.717, 1.165) is 0 Å². The molecule has 1 aliphatic rings. The molecule has 0 saturated carbocycles. The second-order valence-electron chi connectivity index (χ2n) is 6.95. The SMILES string of the molecule is COc1ccc(-c2noc(COC(=O)c3cccc(N4CCCS4(=O)=O)c3)n2)c(OC)c1. The zero-order valence-electron chi connectivity index (χ0n) is 17.5. The highest BCUT2D eigenvalue weighted by atomic mass is 32.2. The number of hydrogen-bond donors (Lipinski definition) is 0. The van der Waals surface area contributed by atoms with Crippen molar-refractivity contribution in [3.05, 3.63) is 53.9 Å². The Kier molecular flexibility index (Phi) is 5.99. The van der Waals surface area contributed by atoms with Crippen molar-refractivity contribution in [2.75, 3.05) is 30.8 Å². The maximum atomic E-state index is 12.5. The minimum absolute atomic E-state index is 0.0974. The molecular formula is C21H21N3O7S. The third-order valence-electron chi connectivity index (χ3n) is 4.91. The molecule has 2 heterocycles. The number of esters is 1. The summed E-state index contributed by atoms with van der Waals surface area (Å²) in [7, 11) is -0.275. The number of hydrogen-bond acceptors (Lipinski definition) is 9. The van der Waals surface area contributed by atoms with Gasteiger partial charge in [-0.2, -0.15) is 4.98 Å². The van der Waals surface area contributed by atoms with Gasteiger partial charge in [0.2, 0.25) is 15.8 Å². The van der Waals surface area contributed by atoms with Crippen LogP contribution >= 0.6 is 0 Å². The van der Waals surface area contributed by atoms with Gasteiger partial charge in [-0.3, -0.25) is 4.31 Å². The zero-order chi connectivity index (χ0) is 22.7. The predicted octanol–water partition coefficient (Wildman–Crippen LogP) is 2.65. The van der Waals surface area contributed by atoms with Crippen molar-refractivity contribution in [1.82, 2.24) is 10.1 Å². The van der Waals surface area contributed by atoms with Gasteiger partial charge in [0.1, 0.15) is 11.5 Å². The van der Waals surface area contributed by atoms with Crippen LogP contribution < -0.4 is 13.8 Å². The fourth-order valence-electron chi connectivity index (χ4n) is 3.33. The van der Waals surface area contributed by atoms with Gasteiger partial charge in [0.05, 0.1) is 36.8 Å². The lowest BCUT2D eigenvalue weighted by molar-refractivity contribution is 0.0430. The molecule has 0 amide bonds. The van der Waals surface area contributed by atoms with Crippen LogP contribution in [0.15, 0.2) is 47.0 Å². The number of benzene rings is 2. The number of rotatable bonds is 7. The van der Waals surface area contributed by atoms with Gasteiger partial charge in [-0.1, -0.05) is 11.2 Å². The summed E-state index contributed by atoms with van der Waals surface area (Å²) in [6, 6.07) is 11.5. The number of carbonyl (C=O) groups excluding carboxylic acids is 1. The van der Waals surface area contributed by atoms with Gasteiger partial charge >= 0.3 is 5.97 Å². The minimum Gasteiger partial charge on any atom is -0.497 e. The summed E-state index contributed by atoms with van der Waals surface area (Å²) < 4.78 is 46.5. The monoisotopic (exact) mass is 459 g/mol. The second kappa shape index (κ2) is 8.87. The first-order valence-corrected chi connectivity index (χ1v) is 11.3. The van der Waals surface area contributed by atoms with Gasteiger partial charge in [0.25, 0.3) is 5.89 Å². The number of carbonyl (C=O) groups is 1. The van der Waals surface area contributed by atoms with Crippen LogP contribution in [-0.2, 0) is 21.4 Å². The van der Waals surface area contributed by atoms with E-state index >= 15 is 0 Å². The molecule has 1 aromatic heterocycles. The van der Waals surface area contributed by atoms with E-state index in [9.17, 15) is 13.2 Å². The largest absolute Gasteiger partial charge is 0.497 e. The van der Waals surface area contributed by atoms with Crippen LogP contribution in [0.4, 0.5) is 5.69 Å². The average Bonchev–Trinajstić information content (AvgIpc) is 3.42. The molecule has 2 aromatic carbocycles. The molecule has 4 rings (SSSR count). The zero-order valence-corrected chi connectivity index (χ0v) is 18.3. The Balaban J connectivity index is 1.45. The van der Waals surface area contributed by atoms with E-state index in [0.29, 0.717) is 35.7 Å². The number of sulfonamides is 1. The van der Waals surface area contributed by atoms with Crippen molar-refractivity contribution < 1.29 is 31.9 Å². The minimum atomic E-state index is -3.34. The molecule has 10 nitrogen and oxygen atoms in total. The van der Waals surface area contributed by atoms with E-state index in [2.05, 4.69) is 10.1 Å². The van der Waals surface area contributed by atoms with Crippen molar-refractivity contribution in [3.63, 3.8) is 0 Å². The van der Waals surface area contributed by atoms with Gasteiger partial charge in [0.15, 0.2) is 6.61 Å². The molecule has 32 heavy (non-hydrogen) atoms. The van der Waals surface area contributed by atoms with E-state index in [1.807, 2.05) is 0 Å². The topological polar surface area (TPSA) is 121 Å². The lowest BCUT2D eigenvalue weighted by atomic mass is 10.2. The van der Waals surface area contributed by atoms with Gasteiger partial charge in [0, 0.05) is 12.6 Å². The molecule has 0 N–H and O–H groups in total. The van der Waals surface area contributed by atoms with E-state index in [4.69, 9.17) is 18.7 Å². The summed E-state index contributed by atoms with van der Waals surface area (Å²) >= 11 is 0. The first-order valence-electron chi connectivity index (χ1n) is 9.74. The van der Waals surface area contributed by atoms with Crippen LogP contribution in [0.3, 0.4) is 0 Å². The van der Waals surface area contributed by atoms with E-state index < -0.39 is 16.0 Å². The summed E-state index contributed by atoms with van der Waals surface area (Å²) in [5.74, 6) is 0.959. The molecule has 0 unspecified atom stereocenters. The maximum Gasteiger partial charge on any atom is 0.338 e. The maximum absolute atomic E-state index is 12.5. The molecule has 0 aliphatic carbocycles. The number of aromatic nitrogens is 2. The smallest absolute Gasteiger partial charge is 0.338 e. The third-order valence-corrected chi connectivity index (χ3v) is 6.78. The van der Waals surface area contributed by atoms with Crippen LogP contribution in [0.1, 0.15) is 22.7 Å². The summed E-state index contributed by atoms with van der Waals surface area (Å²) in [5.41, 5.74) is 1.25. The molecule has 3 aromatic rings. The highest BCUT2D eigenvalue weighted by molar-refractivity contribution is 7.93. The lowest BCUT2D eigenvalue weighted by Crippen LogP contribution is -2.25. The average molecular weight is 459 g/mol. The van der Waals surface area contributed by atoms with E-state index in [-0.39, 0.29) is 29.6 Å². The normalized spacial score (nSPS) is 14.9. The van der Waals surface area contributed by atoms with Crippen LogP contribution in [0.5, 0.6) is 11.5 Å². The fraction of sp³-hybridized carbons (Fsp3) is 0.286. The summed E-state index contributed by atoms with van der Waals surface area (Å²) in [5, 5.41) is 3.91. The van der Waals surface area contributed by atoms with E-state index in [1.165, 1.54) is 17.5 Å². The summed E-state index contributed by atoms with van der Waals surface area (Å²) in [6.45, 7) is 0.150. The first-order chi connectivity index (χ1) is 15.4. The fourth-order valence-corrected chi connectivity index (χ4v) is 4.89. The van der Waals surface area contributed by atoms with Crippen LogP contribution in [0.25, 0.3) is 11.4 Å². The van der Waals surface area contributed by atoms with Crippen molar-refractivity contribution >= 4 is 21.7 Å². The molecular weight excluding hydrogens is 438 g/mol. The number of ether oxygens (including phenoxy) is 3. The molecule has 0 atom stereocenters. The third kappa shape index (κ3) is 4.37. The highest BCUT2D eigenvalue weighted by Gasteiger charge is 2.29. The van der Waals surface area contributed by atoms with Crippen molar-refractivity contribution in [2.24, 2.45) is 0 Å². The van der Waals surface area contributed by atoms with Crippen molar-refractivity contribution in [2.45, 2.75) is 13.0 Å². The Labute approximate surface area is 184 Å². The van der Waals surface area contributed by atoms with Crippen molar-refractivity contribution in [3.8, 4) is 22.9 Å². The molecule has 1 aliphatic heterocycles. The van der Waals surface area contributed by atoms with Gasteiger partial charge < -0.3 is 18.7 Å². The lowest BCUT2D eigenvalue weighted by Gasteiger charge is -2.17. The summed E-state index contributed by atoms with van der Waals surface area (Å²) in [4.78, 5) is 16.7. The molecule has 0 spiro atoms. The van der Waals surface area contributed by atoms with Crippen LogP contribution in [-0.4, -0.2) is 51.0 Å².